The Kier molecular flexibility index (Phi) is 3.12. The summed E-state index contributed by atoms with van der Waals surface area (Å²) in [6, 6.07) is 13.2. The van der Waals surface area contributed by atoms with Crippen LogP contribution in [0.15, 0.2) is 54.7 Å². The summed E-state index contributed by atoms with van der Waals surface area (Å²) in [6.07, 6.45) is 1.57. The van der Waals surface area contributed by atoms with Crippen molar-refractivity contribution in [3.63, 3.8) is 0 Å². The van der Waals surface area contributed by atoms with E-state index in [0.29, 0.717) is 28.1 Å². The first-order chi connectivity index (χ1) is 10.1. The molecule has 0 unspecified atom stereocenters. The summed E-state index contributed by atoms with van der Waals surface area (Å²) in [5, 5.41) is 11.5. The van der Waals surface area contributed by atoms with Gasteiger partial charge in [-0.25, -0.2) is 0 Å². The molecule has 0 fully saturated rings. The molecule has 0 aliphatic rings. The van der Waals surface area contributed by atoms with Crippen molar-refractivity contribution >= 4 is 22.3 Å². The summed E-state index contributed by atoms with van der Waals surface area (Å²) in [5.74, 6) is 0.998. The van der Waals surface area contributed by atoms with Crippen LogP contribution >= 0.6 is 0 Å². The Hall–Kier alpha value is -3.15. The molecule has 0 amide bonds. The number of nitrogens with two attached hydrogens (primary N) is 1. The number of nitrogen functional groups attached to an aromatic ring is 1. The Bertz CT molecular complexity index is 833. The lowest BCUT2D eigenvalue weighted by atomic mass is 10.1. The van der Waals surface area contributed by atoms with Gasteiger partial charge in [-0.15, -0.1) is 0 Å². The second-order valence-corrected chi connectivity index (χ2v) is 4.41. The van der Waals surface area contributed by atoms with Gasteiger partial charge in [-0.05, 0) is 30.3 Å². The SMILES string of the molecule is Nc1cccc(Oc2ccc([N+](=O)[O-])c3cccnc23)c1. The maximum Gasteiger partial charge on any atom is 0.279 e. The minimum Gasteiger partial charge on any atom is -0.455 e. The van der Waals surface area contributed by atoms with Gasteiger partial charge in [0, 0.05) is 24.0 Å². The van der Waals surface area contributed by atoms with Crippen LogP contribution in [0, 0.1) is 10.1 Å². The molecule has 0 saturated carbocycles. The predicted molar refractivity (Wildman–Crippen MR) is 79.3 cm³/mol. The third-order valence-corrected chi connectivity index (χ3v) is 2.99. The quantitative estimate of drug-likeness (QED) is 0.450. The normalized spacial score (nSPS) is 10.5. The summed E-state index contributed by atoms with van der Waals surface area (Å²) < 4.78 is 5.74. The van der Waals surface area contributed by atoms with Crippen molar-refractivity contribution in [1.82, 2.24) is 4.98 Å². The van der Waals surface area contributed by atoms with Crippen LogP contribution in [0.4, 0.5) is 11.4 Å². The molecule has 2 aromatic carbocycles. The molecule has 0 saturated heterocycles. The first-order valence-electron chi connectivity index (χ1n) is 6.20. The molecule has 6 heteroatoms. The van der Waals surface area contributed by atoms with Crippen molar-refractivity contribution in [1.29, 1.82) is 0 Å². The van der Waals surface area contributed by atoms with Crippen molar-refractivity contribution in [3.05, 3.63) is 64.8 Å². The van der Waals surface area contributed by atoms with Gasteiger partial charge in [0.2, 0.25) is 0 Å². The zero-order valence-corrected chi connectivity index (χ0v) is 10.9. The highest BCUT2D eigenvalue weighted by Crippen LogP contribution is 2.34. The number of rotatable bonds is 3. The van der Waals surface area contributed by atoms with Crippen molar-refractivity contribution in [2.24, 2.45) is 0 Å². The molecule has 6 nitrogen and oxygen atoms in total. The second-order valence-electron chi connectivity index (χ2n) is 4.41. The molecular formula is C15H11N3O3. The van der Waals surface area contributed by atoms with Crippen LogP contribution in [-0.2, 0) is 0 Å². The molecule has 0 bridgehead atoms. The molecule has 1 heterocycles. The Labute approximate surface area is 119 Å². The number of aromatic nitrogens is 1. The Morgan fingerprint density at radius 3 is 2.76 bits per heavy atom. The highest BCUT2D eigenvalue weighted by atomic mass is 16.6. The predicted octanol–water partition coefficient (Wildman–Crippen LogP) is 3.52. The Balaban J connectivity index is 2.12. The summed E-state index contributed by atoms with van der Waals surface area (Å²) in [6.45, 7) is 0. The fraction of sp³-hybridized carbons (Fsp3) is 0. The van der Waals surface area contributed by atoms with E-state index >= 15 is 0 Å². The van der Waals surface area contributed by atoms with Crippen molar-refractivity contribution in [3.8, 4) is 11.5 Å². The van der Waals surface area contributed by atoms with Gasteiger partial charge < -0.3 is 10.5 Å². The van der Waals surface area contributed by atoms with Crippen LogP contribution in [0.1, 0.15) is 0 Å². The molecule has 104 valence electrons. The van der Waals surface area contributed by atoms with Gasteiger partial charge in [-0.3, -0.25) is 15.1 Å². The summed E-state index contributed by atoms with van der Waals surface area (Å²) >= 11 is 0. The molecule has 0 aliphatic carbocycles. The van der Waals surface area contributed by atoms with E-state index in [9.17, 15) is 10.1 Å². The van der Waals surface area contributed by atoms with Crippen LogP contribution in [0.5, 0.6) is 11.5 Å². The maximum atomic E-state index is 11.0. The van der Waals surface area contributed by atoms with Crippen LogP contribution in [0.2, 0.25) is 0 Å². The zero-order valence-electron chi connectivity index (χ0n) is 10.9. The second kappa shape index (κ2) is 5.09. The first kappa shape index (κ1) is 12.9. The number of fused-ring (bicyclic) bond motifs is 1. The number of nitro groups is 1. The van der Waals surface area contributed by atoms with Gasteiger partial charge in [0.1, 0.15) is 11.3 Å². The van der Waals surface area contributed by atoms with Crippen molar-refractivity contribution in [2.75, 3.05) is 5.73 Å². The van der Waals surface area contributed by atoms with Gasteiger partial charge in [-0.2, -0.15) is 0 Å². The standard InChI is InChI=1S/C15H11N3O3/c16-10-3-1-4-11(9-10)21-14-7-6-13(18(19)20)12-5-2-8-17-15(12)14/h1-9H,16H2. The van der Waals surface area contributed by atoms with E-state index in [1.807, 2.05) is 0 Å². The third-order valence-electron chi connectivity index (χ3n) is 2.99. The zero-order chi connectivity index (χ0) is 14.8. The van der Waals surface area contributed by atoms with E-state index < -0.39 is 4.92 Å². The molecule has 0 radical (unpaired) electrons. The fourth-order valence-electron chi connectivity index (χ4n) is 2.08. The van der Waals surface area contributed by atoms with Crippen LogP contribution in [-0.4, -0.2) is 9.91 Å². The number of nitrogens with zero attached hydrogens (tertiary/aromatic N) is 2. The fourth-order valence-corrected chi connectivity index (χ4v) is 2.08. The van der Waals surface area contributed by atoms with Gasteiger partial charge in [0.05, 0.1) is 10.3 Å². The molecule has 3 rings (SSSR count). The van der Waals surface area contributed by atoms with E-state index in [-0.39, 0.29) is 5.69 Å². The molecule has 0 atom stereocenters. The maximum absolute atomic E-state index is 11.0. The Morgan fingerprint density at radius 2 is 2.00 bits per heavy atom. The lowest BCUT2D eigenvalue weighted by Gasteiger charge is -2.09. The summed E-state index contributed by atoms with van der Waals surface area (Å²) in [4.78, 5) is 14.8. The lowest BCUT2D eigenvalue weighted by Crippen LogP contribution is -1.94. The van der Waals surface area contributed by atoms with Crippen molar-refractivity contribution in [2.45, 2.75) is 0 Å². The van der Waals surface area contributed by atoms with Gasteiger partial charge in [-0.1, -0.05) is 6.07 Å². The number of hydrogen-bond acceptors (Lipinski definition) is 5. The van der Waals surface area contributed by atoms with Gasteiger partial charge in [0.25, 0.3) is 5.69 Å². The average Bonchev–Trinajstić information content (AvgIpc) is 2.47. The van der Waals surface area contributed by atoms with E-state index in [4.69, 9.17) is 10.5 Å². The monoisotopic (exact) mass is 281 g/mol. The van der Waals surface area contributed by atoms with Gasteiger partial charge >= 0.3 is 0 Å². The van der Waals surface area contributed by atoms with E-state index in [2.05, 4.69) is 4.98 Å². The average molecular weight is 281 g/mol. The molecular weight excluding hydrogens is 270 g/mol. The summed E-state index contributed by atoms with van der Waals surface area (Å²) in [5.41, 5.74) is 6.72. The van der Waals surface area contributed by atoms with E-state index in [0.717, 1.165) is 0 Å². The molecule has 1 aromatic heterocycles. The van der Waals surface area contributed by atoms with Crippen LogP contribution < -0.4 is 10.5 Å². The lowest BCUT2D eigenvalue weighted by molar-refractivity contribution is -0.383. The number of pyridine rings is 1. The minimum atomic E-state index is -0.436. The number of benzene rings is 2. The molecule has 0 spiro atoms. The van der Waals surface area contributed by atoms with E-state index in [1.54, 1.807) is 42.6 Å². The topological polar surface area (TPSA) is 91.3 Å². The molecule has 3 aromatic rings. The van der Waals surface area contributed by atoms with E-state index in [1.165, 1.54) is 12.1 Å². The molecule has 0 aliphatic heterocycles. The molecule has 2 N–H and O–H groups in total. The number of ether oxygens (including phenoxy) is 1. The van der Waals surface area contributed by atoms with Crippen LogP contribution in [0.25, 0.3) is 10.9 Å². The number of nitro benzene ring substituents is 1. The number of hydrogen-bond donors (Lipinski definition) is 1. The van der Waals surface area contributed by atoms with Crippen molar-refractivity contribution < 1.29 is 9.66 Å². The minimum absolute atomic E-state index is 0.00183. The first-order valence-corrected chi connectivity index (χ1v) is 6.20. The van der Waals surface area contributed by atoms with Gasteiger partial charge in [0.15, 0.2) is 5.75 Å². The highest BCUT2D eigenvalue weighted by Gasteiger charge is 2.16. The largest absolute Gasteiger partial charge is 0.455 e. The van der Waals surface area contributed by atoms with Crippen LogP contribution in [0.3, 0.4) is 0 Å². The smallest absolute Gasteiger partial charge is 0.279 e. The highest BCUT2D eigenvalue weighted by molar-refractivity contribution is 5.92. The molecule has 21 heavy (non-hydrogen) atoms. The third kappa shape index (κ3) is 2.46. The number of anilines is 1. The summed E-state index contributed by atoms with van der Waals surface area (Å²) in [7, 11) is 0. The Morgan fingerprint density at radius 1 is 1.14 bits per heavy atom. The number of non-ortho nitro benzene ring substituents is 1.